The molecule has 9 heteroatoms. The highest BCUT2D eigenvalue weighted by molar-refractivity contribution is 6.30. The van der Waals surface area contributed by atoms with E-state index in [9.17, 15) is 4.79 Å². The fraction of sp³-hybridized carbons (Fsp3) is 0.312. The van der Waals surface area contributed by atoms with Crippen LogP contribution in [-0.2, 0) is 0 Å². The van der Waals surface area contributed by atoms with Crippen LogP contribution in [0.3, 0.4) is 0 Å². The molecule has 4 rings (SSSR count). The lowest BCUT2D eigenvalue weighted by Crippen LogP contribution is -2.38. The van der Waals surface area contributed by atoms with Crippen molar-refractivity contribution in [1.29, 1.82) is 0 Å². The summed E-state index contributed by atoms with van der Waals surface area (Å²) >= 11 is 5.96. The molecule has 1 aliphatic heterocycles. The van der Waals surface area contributed by atoms with Gasteiger partial charge in [0.05, 0.1) is 12.2 Å². The molecular formula is C16H16ClN5O3. The van der Waals surface area contributed by atoms with Gasteiger partial charge >= 0.3 is 6.09 Å². The fourth-order valence-corrected chi connectivity index (χ4v) is 3.43. The molecule has 0 atom stereocenters. The standard InChI is InChI=1S/C16H16ClN5O3/c17-13-5-11-12(7-19-15(18)14(11)25-13)9-6-20-22(8-9)10-1-3-21(4-2-10)16(23)24/h5-8,10H,1-4H2,(H2,18,19)(H,23,24). The second-order valence-corrected chi connectivity index (χ2v) is 6.43. The van der Waals surface area contributed by atoms with Crippen molar-refractivity contribution in [2.45, 2.75) is 18.9 Å². The molecule has 3 aromatic heterocycles. The summed E-state index contributed by atoms with van der Waals surface area (Å²) in [5.74, 6) is 0.291. The number of anilines is 1. The number of halogens is 1. The third-order valence-electron chi connectivity index (χ3n) is 4.58. The maximum atomic E-state index is 11.0. The topological polar surface area (TPSA) is 110 Å². The van der Waals surface area contributed by atoms with E-state index in [4.69, 9.17) is 26.9 Å². The lowest BCUT2D eigenvalue weighted by Gasteiger charge is -2.30. The molecule has 8 nitrogen and oxygen atoms in total. The number of carbonyl (C=O) groups is 1. The zero-order chi connectivity index (χ0) is 17.6. The Hall–Kier alpha value is -2.74. The van der Waals surface area contributed by atoms with Crippen molar-refractivity contribution in [2.75, 3.05) is 18.8 Å². The lowest BCUT2D eigenvalue weighted by atomic mass is 10.1. The number of amides is 1. The van der Waals surface area contributed by atoms with Crippen LogP contribution in [0, 0.1) is 0 Å². The molecule has 25 heavy (non-hydrogen) atoms. The highest BCUT2D eigenvalue weighted by atomic mass is 35.5. The molecule has 3 aromatic rings. The number of carboxylic acid groups (broad SMARTS) is 1. The Balaban J connectivity index is 1.62. The summed E-state index contributed by atoms with van der Waals surface area (Å²) in [5.41, 5.74) is 8.03. The molecule has 0 bridgehead atoms. The number of nitrogens with two attached hydrogens (primary N) is 1. The molecule has 1 saturated heterocycles. The van der Waals surface area contributed by atoms with E-state index in [1.54, 1.807) is 18.5 Å². The maximum Gasteiger partial charge on any atom is 0.407 e. The van der Waals surface area contributed by atoms with E-state index in [1.165, 1.54) is 4.90 Å². The number of furan rings is 1. The summed E-state index contributed by atoms with van der Waals surface area (Å²) < 4.78 is 7.30. The number of fused-ring (bicyclic) bond motifs is 1. The minimum absolute atomic E-state index is 0.175. The quantitative estimate of drug-likeness (QED) is 0.724. The summed E-state index contributed by atoms with van der Waals surface area (Å²) in [5, 5.41) is 14.5. The summed E-state index contributed by atoms with van der Waals surface area (Å²) in [6.45, 7) is 1.03. The SMILES string of the molecule is Nc1ncc(-c2cnn(C3CCN(C(=O)O)CC3)c2)c2cc(Cl)oc12. The maximum absolute atomic E-state index is 11.0. The van der Waals surface area contributed by atoms with Crippen LogP contribution >= 0.6 is 11.6 Å². The third-order valence-corrected chi connectivity index (χ3v) is 4.77. The van der Waals surface area contributed by atoms with Crippen molar-refractivity contribution in [3.63, 3.8) is 0 Å². The van der Waals surface area contributed by atoms with E-state index in [0.29, 0.717) is 24.5 Å². The minimum atomic E-state index is -0.869. The Kier molecular flexibility index (Phi) is 3.76. The number of likely N-dealkylation sites (tertiary alicyclic amines) is 1. The summed E-state index contributed by atoms with van der Waals surface area (Å²) in [7, 11) is 0. The van der Waals surface area contributed by atoms with E-state index in [2.05, 4.69) is 10.1 Å². The molecule has 1 fully saturated rings. The first-order valence-corrected chi connectivity index (χ1v) is 8.26. The summed E-state index contributed by atoms with van der Waals surface area (Å²) in [6.07, 6.45) is 5.98. The van der Waals surface area contributed by atoms with Crippen molar-refractivity contribution >= 4 is 34.5 Å². The molecule has 4 heterocycles. The molecular weight excluding hydrogens is 346 g/mol. The Bertz CT molecular complexity index is 943. The van der Waals surface area contributed by atoms with Crippen LogP contribution in [0.4, 0.5) is 10.6 Å². The predicted molar refractivity (Wildman–Crippen MR) is 92.5 cm³/mol. The molecule has 0 saturated carbocycles. The smallest absolute Gasteiger partial charge is 0.407 e. The molecule has 0 aliphatic carbocycles. The van der Waals surface area contributed by atoms with Crippen molar-refractivity contribution in [3.05, 3.63) is 29.9 Å². The van der Waals surface area contributed by atoms with Gasteiger partial charge in [-0.25, -0.2) is 9.78 Å². The van der Waals surface area contributed by atoms with E-state index in [1.807, 2.05) is 10.9 Å². The van der Waals surface area contributed by atoms with Gasteiger partial charge in [0.25, 0.3) is 0 Å². The Morgan fingerprint density at radius 2 is 2.12 bits per heavy atom. The van der Waals surface area contributed by atoms with Gasteiger partial charge in [0, 0.05) is 48.1 Å². The van der Waals surface area contributed by atoms with E-state index >= 15 is 0 Å². The molecule has 1 aliphatic rings. The number of aromatic nitrogens is 3. The summed E-state index contributed by atoms with van der Waals surface area (Å²) in [4.78, 5) is 16.6. The van der Waals surface area contributed by atoms with Gasteiger partial charge in [-0.3, -0.25) is 4.68 Å². The van der Waals surface area contributed by atoms with Crippen LogP contribution in [0.1, 0.15) is 18.9 Å². The fourth-order valence-electron chi connectivity index (χ4n) is 3.24. The summed E-state index contributed by atoms with van der Waals surface area (Å²) in [6, 6.07) is 1.89. The number of rotatable bonds is 2. The van der Waals surface area contributed by atoms with Crippen LogP contribution in [0.5, 0.6) is 0 Å². The van der Waals surface area contributed by atoms with Crippen LogP contribution in [0.2, 0.25) is 5.22 Å². The molecule has 0 spiro atoms. The van der Waals surface area contributed by atoms with Gasteiger partial charge in [0.1, 0.15) is 0 Å². The molecule has 3 N–H and O–H groups in total. The van der Waals surface area contributed by atoms with Crippen LogP contribution < -0.4 is 5.73 Å². The number of hydrogen-bond donors (Lipinski definition) is 2. The normalized spacial score (nSPS) is 15.8. The van der Waals surface area contributed by atoms with Crippen LogP contribution in [0.25, 0.3) is 22.1 Å². The number of piperidine rings is 1. The Morgan fingerprint density at radius 3 is 2.84 bits per heavy atom. The average Bonchev–Trinajstić information content (AvgIpc) is 3.22. The largest absolute Gasteiger partial charge is 0.465 e. The molecule has 0 unspecified atom stereocenters. The van der Waals surface area contributed by atoms with E-state index in [0.717, 1.165) is 29.4 Å². The van der Waals surface area contributed by atoms with Gasteiger partial charge in [-0.2, -0.15) is 5.10 Å². The van der Waals surface area contributed by atoms with Gasteiger partial charge in [0.15, 0.2) is 16.6 Å². The molecule has 1 amide bonds. The predicted octanol–water partition coefficient (Wildman–Crippen LogP) is 3.24. The first-order chi connectivity index (χ1) is 12.0. The molecule has 0 aromatic carbocycles. The van der Waals surface area contributed by atoms with E-state index in [-0.39, 0.29) is 11.3 Å². The second kappa shape index (κ2) is 5.96. The number of nitrogens with zero attached hydrogens (tertiary/aromatic N) is 4. The first-order valence-electron chi connectivity index (χ1n) is 7.89. The van der Waals surface area contributed by atoms with Gasteiger partial charge < -0.3 is 20.2 Å². The number of hydrogen-bond acceptors (Lipinski definition) is 5. The van der Waals surface area contributed by atoms with Crippen molar-refractivity contribution in [2.24, 2.45) is 0 Å². The van der Waals surface area contributed by atoms with Crippen molar-refractivity contribution < 1.29 is 14.3 Å². The van der Waals surface area contributed by atoms with Crippen LogP contribution in [0.15, 0.2) is 29.1 Å². The Labute approximate surface area is 147 Å². The number of pyridine rings is 1. The van der Waals surface area contributed by atoms with Gasteiger partial charge in [0.2, 0.25) is 0 Å². The highest BCUT2D eigenvalue weighted by Crippen LogP contribution is 2.35. The third kappa shape index (κ3) is 2.78. The van der Waals surface area contributed by atoms with E-state index < -0.39 is 6.09 Å². The molecule has 130 valence electrons. The van der Waals surface area contributed by atoms with Crippen molar-refractivity contribution in [3.8, 4) is 11.1 Å². The highest BCUT2D eigenvalue weighted by Gasteiger charge is 2.24. The Morgan fingerprint density at radius 1 is 1.36 bits per heavy atom. The zero-order valence-corrected chi connectivity index (χ0v) is 14.0. The number of nitrogen functional groups attached to an aromatic ring is 1. The monoisotopic (exact) mass is 361 g/mol. The first kappa shape index (κ1) is 15.8. The second-order valence-electron chi connectivity index (χ2n) is 6.06. The molecule has 0 radical (unpaired) electrons. The van der Waals surface area contributed by atoms with Crippen LogP contribution in [-0.4, -0.2) is 44.0 Å². The zero-order valence-electron chi connectivity index (χ0n) is 13.2. The van der Waals surface area contributed by atoms with Gasteiger partial charge in [-0.15, -0.1) is 0 Å². The van der Waals surface area contributed by atoms with Gasteiger partial charge in [-0.05, 0) is 24.4 Å². The minimum Gasteiger partial charge on any atom is -0.465 e. The van der Waals surface area contributed by atoms with Crippen molar-refractivity contribution in [1.82, 2.24) is 19.7 Å². The van der Waals surface area contributed by atoms with Gasteiger partial charge in [-0.1, -0.05) is 0 Å². The average molecular weight is 362 g/mol. The lowest BCUT2D eigenvalue weighted by molar-refractivity contribution is 0.124.